The lowest BCUT2D eigenvalue weighted by Crippen LogP contribution is -2.42. The number of hydrogen-bond acceptors (Lipinski definition) is 4. The van der Waals surface area contributed by atoms with Gasteiger partial charge in [-0.2, -0.15) is 0 Å². The summed E-state index contributed by atoms with van der Waals surface area (Å²) < 4.78 is 32.2. The molecule has 0 aromatic heterocycles. The minimum Gasteiger partial charge on any atom is -0.384 e. The fraction of sp³-hybridized carbons (Fsp3) is 0.650. The van der Waals surface area contributed by atoms with E-state index in [0.717, 1.165) is 37.1 Å². The highest BCUT2D eigenvalue weighted by molar-refractivity contribution is 7.88. The summed E-state index contributed by atoms with van der Waals surface area (Å²) >= 11 is 0. The number of ether oxygens (including phenoxy) is 1. The molecule has 2 saturated heterocycles. The molecule has 1 aromatic rings. The molecule has 0 aliphatic carbocycles. The van der Waals surface area contributed by atoms with Gasteiger partial charge in [0.05, 0.1) is 12.4 Å². The molecule has 1 aromatic carbocycles. The number of hydrogen-bond donors (Lipinski definition) is 0. The molecule has 2 heterocycles. The highest BCUT2D eigenvalue weighted by Crippen LogP contribution is 2.26. The summed E-state index contributed by atoms with van der Waals surface area (Å²) in [6, 6.07) is 7.66. The van der Waals surface area contributed by atoms with Crippen LogP contribution in [0.1, 0.15) is 30.4 Å². The molecule has 0 bridgehead atoms. The summed E-state index contributed by atoms with van der Waals surface area (Å²) in [4.78, 5) is 14.1. The molecule has 2 aliphatic rings. The SMILES string of the molecule is COCC1CC(=O)N(CC2CCN(S(=O)(=O)Cc3ccc(C)cc3)CC2)C1. The van der Waals surface area contributed by atoms with Crippen LogP contribution in [0.15, 0.2) is 24.3 Å². The van der Waals surface area contributed by atoms with Crippen molar-refractivity contribution in [2.24, 2.45) is 11.8 Å². The van der Waals surface area contributed by atoms with Gasteiger partial charge in [-0.1, -0.05) is 29.8 Å². The molecule has 1 atom stereocenters. The molecule has 2 fully saturated rings. The molecule has 1 unspecified atom stereocenters. The maximum Gasteiger partial charge on any atom is 0.223 e. The molecule has 3 rings (SSSR count). The van der Waals surface area contributed by atoms with Crippen LogP contribution in [-0.4, -0.2) is 63.4 Å². The van der Waals surface area contributed by atoms with Gasteiger partial charge >= 0.3 is 0 Å². The summed E-state index contributed by atoms with van der Waals surface area (Å²) in [7, 11) is -1.62. The van der Waals surface area contributed by atoms with E-state index in [1.54, 1.807) is 11.4 Å². The molecule has 0 N–H and O–H groups in total. The fourth-order valence-corrected chi connectivity index (χ4v) is 5.61. The van der Waals surface area contributed by atoms with Crippen molar-refractivity contribution in [3.63, 3.8) is 0 Å². The van der Waals surface area contributed by atoms with Gasteiger partial charge in [0.25, 0.3) is 0 Å². The number of aryl methyl sites for hydroxylation is 1. The Kier molecular flexibility index (Phi) is 6.55. The Bertz CT molecular complexity index is 740. The van der Waals surface area contributed by atoms with Crippen molar-refractivity contribution in [2.45, 2.75) is 31.9 Å². The summed E-state index contributed by atoms with van der Waals surface area (Å²) in [6.07, 6.45) is 2.19. The molecule has 0 saturated carbocycles. The second-order valence-electron chi connectivity index (χ2n) is 7.91. The summed E-state index contributed by atoms with van der Waals surface area (Å²) in [5.41, 5.74) is 1.95. The molecule has 2 aliphatic heterocycles. The minimum atomic E-state index is -3.29. The smallest absolute Gasteiger partial charge is 0.223 e. The van der Waals surface area contributed by atoms with Gasteiger partial charge in [-0.25, -0.2) is 12.7 Å². The van der Waals surface area contributed by atoms with E-state index in [-0.39, 0.29) is 17.6 Å². The summed E-state index contributed by atoms with van der Waals surface area (Å²) in [6.45, 7) is 5.21. The van der Waals surface area contributed by atoms with E-state index in [2.05, 4.69) is 0 Å². The van der Waals surface area contributed by atoms with E-state index in [0.29, 0.717) is 32.0 Å². The fourth-order valence-electron chi connectivity index (χ4n) is 4.05. The number of carbonyl (C=O) groups excluding carboxylic acids is 1. The zero-order valence-electron chi connectivity index (χ0n) is 16.3. The van der Waals surface area contributed by atoms with Crippen molar-refractivity contribution in [3.8, 4) is 0 Å². The zero-order valence-corrected chi connectivity index (χ0v) is 17.1. The van der Waals surface area contributed by atoms with Gasteiger partial charge < -0.3 is 9.64 Å². The number of methoxy groups -OCH3 is 1. The third-order valence-corrected chi connectivity index (χ3v) is 7.46. The van der Waals surface area contributed by atoms with Crippen LogP contribution in [0.5, 0.6) is 0 Å². The van der Waals surface area contributed by atoms with E-state index in [9.17, 15) is 13.2 Å². The van der Waals surface area contributed by atoms with Gasteiger partial charge in [0, 0.05) is 45.6 Å². The van der Waals surface area contributed by atoms with Crippen LogP contribution in [0.25, 0.3) is 0 Å². The van der Waals surface area contributed by atoms with Crippen molar-refractivity contribution >= 4 is 15.9 Å². The first-order valence-electron chi connectivity index (χ1n) is 9.67. The normalized spacial score (nSPS) is 22.5. The van der Waals surface area contributed by atoms with Crippen LogP contribution in [0, 0.1) is 18.8 Å². The van der Waals surface area contributed by atoms with Gasteiger partial charge in [0.1, 0.15) is 0 Å². The number of amides is 1. The molecule has 0 spiro atoms. The average molecular weight is 395 g/mol. The highest BCUT2D eigenvalue weighted by Gasteiger charge is 2.33. The first-order chi connectivity index (χ1) is 12.9. The number of piperidine rings is 1. The predicted octanol–water partition coefficient (Wildman–Crippen LogP) is 2.03. The van der Waals surface area contributed by atoms with E-state index >= 15 is 0 Å². The maximum absolute atomic E-state index is 12.7. The van der Waals surface area contributed by atoms with Crippen LogP contribution in [0.3, 0.4) is 0 Å². The Morgan fingerprint density at radius 1 is 1.11 bits per heavy atom. The van der Waals surface area contributed by atoms with Crippen LogP contribution in [0.2, 0.25) is 0 Å². The van der Waals surface area contributed by atoms with E-state index in [1.807, 2.05) is 36.1 Å². The number of likely N-dealkylation sites (tertiary alicyclic amines) is 1. The second-order valence-corrected chi connectivity index (χ2v) is 9.88. The molecule has 150 valence electrons. The molecular weight excluding hydrogens is 364 g/mol. The van der Waals surface area contributed by atoms with Crippen molar-refractivity contribution in [3.05, 3.63) is 35.4 Å². The molecule has 1 amide bonds. The average Bonchev–Trinajstić information content (AvgIpc) is 2.97. The maximum atomic E-state index is 12.7. The van der Waals surface area contributed by atoms with Gasteiger partial charge in [0.15, 0.2) is 0 Å². The second kappa shape index (κ2) is 8.71. The topological polar surface area (TPSA) is 66.9 Å². The van der Waals surface area contributed by atoms with Crippen LogP contribution in [0.4, 0.5) is 0 Å². The third-order valence-electron chi connectivity index (χ3n) is 5.61. The Morgan fingerprint density at radius 3 is 2.41 bits per heavy atom. The lowest BCUT2D eigenvalue weighted by atomic mass is 9.97. The number of carbonyl (C=O) groups is 1. The van der Waals surface area contributed by atoms with Crippen molar-refractivity contribution in [2.75, 3.05) is 39.9 Å². The van der Waals surface area contributed by atoms with Crippen molar-refractivity contribution in [1.82, 2.24) is 9.21 Å². The highest BCUT2D eigenvalue weighted by atomic mass is 32.2. The molecule has 6 nitrogen and oxygen atoms in total. The largest absolute Gasteiger partial charge is 0.384 e. The standard InChI is InChI=1S/C20H30N2O4S/c1-16-3-5-18(6-4-16)15-27(24,25)22-9-7-17(8-10-22)12-21-13-19(14-26-2)11-20(21)23/h3-6,17,19H,7-15H2,1-2H3. The first-order valence-corrected chi connectivity index (χ1v) is 11.3. The van der Waals surface area contributed by atoms with Gasteiger partial charge in [-0.15, -0.1) is 0 Å². The van der Waals surface area contributed by atoms with Crippen molar-refractivity contribution < 1.29 is 17.9 Å². The summed E-state index contributed by atoms with van der Waals surface area (Å²) in [5.74, 6) is 0.923. The Hall–Kier alpha value is -1.44. The number of sulfonamides is 1. The van der Waals surface area contributed by atoms with E-state index < -0.39 is 10.0 Å². The summed E-state index contributed by atoms with van der Waals surface area (Å²) in [5, 5.41) is 0. The van der Waals surface area contributed by atoms with E-state index in [4.69, 9.17) is 4.74 Å². The lowest BCUT2D eigenvalue weighted by molar-refractivity contribution is -0.128. The molecule has 7 heteroatoms. The van der Waals surface area contributed by atoms with Crippen LogP contribution < -0.4 is 0 Å². The Morgan fingerprint density at radius 2 is 1.78 bits per heavy atom. The third kappa shape index (κ3) is 5.30. The molecule has 27 heavy (non-hydrogen) atoms. The first kappa shape index (κ1) is 20.3. The van der Waals surface area contributed by atoms with Crippen molar-refractivity contribution in [1.29, 1.82) is 0 Å². The van der Waals surface area contributed by atoms with Crippen LogP contribution >= 0.6 is 0 Å². The zero-order chi connectivity index (χ0) is 19.4. The molecular formula is C20H30N2O4S. The Labute approximate surface area is 162 Å². The Balaban J connectivity index is 1.49. The van der Waals surface area contributed by atoms with Gasteiger partial charge in [0.2, 0.25) is 15.9 Å². The van der Waals surface area contributed by atoms with Gasteiger partial charge in [-0.05, 0) is 31.2 Å². The minimum absolute atomic E-state index is 0.0568. The monoisotopic (exact) mass is 394 g/mol. The van der Waals surface area contributed by atoms with Crippen LogP contribution in [-0.2, 0) is 25.3 Å². The molecule has 0 radical (unpaired) electrons. The van der Waals surface area contributed by atoms with E-state index in [1.165, 1.54) is 0 Å². The quantitative estimate of drug-likeness (QED) is 0.710. The number of nitrogens with zero attached hydrogens (tertiary/aromatic N) is 2. The van der Waals surface area contributed by atoms with Gasteiger partial charge in [-0.3, -0.25) is 4.79 Å². The lowest BCUT2D eigenvalue weighted by Gasteiger charge is -2.33. The number of benzene rings is 1. The number of rotatable bonds is 7. The predicted molar refractivity (Wildman–Crippen MR) is 105 cm³/mol.